The van der Waals surface area contributed by atoms with E-state index >= 15 is 0 Å². The zero-order valence-electron chi connectivity index (χ0n) is 17.8. The van der Waals surface area contributed by atoms with Crippen LogP contribution in [-0.4, -0.2) is 0 Å². The van der Waals surface area contributed by atoms with Crippen LogP contribution in [0.1, 0.15) is 5.56 Å². The van der Waals surface area contributed by atoms with Crippen molar-refractivity contribution in [2.24, 2.45) is 5.92 Å². The minimum atomic E-state index is 0.309. The van der Waals surface area contributed by atoms with Crippen molar-refractivity contribution in [2.45, 2.75) is 4.90 Å². The average Bonchev–Trinajstić information content (AvgIpc) is 3.48. The second-order valence-electron chi connectivity index (χ2n) is 8.68. The largest absolute Gasteiger partial charge is 0.456 e. The summed E-state index contributed by atoms with van der Waals surface area (Å²) in [7, 11) is 0. The highest BCUT2D eigenvalue weighted by molar-refractivity contribution is 7.80. The topological polar surface area (TPSA) is 13.1 Å². The molecule has 0 amide bonds. The molecule has 0 bridgehead atoms. The Morgan fingerprint density at radius 1 is 0.697 bits per heavy atom. The summed E-state index contributed by atoms with van der Waals surface area (Å²) in [6.45, 7) is 0. The molecule has 0 saturated heterocycles. The van der Waals surface area contributed by atoms with Crippen LogP contribution in [0.25, 0.3) is 49.4 Å². The number of hydrogen-bond donors (Lipinski definition) is 1. The van der Waals surface area contributed by atoms with E-state index in [2.05, 4.69) is 97.1 Å². The van der Waals surface area contributed by atoms with Gasteiger partial charge in [-0.1, -0.05) is 85.0 Å². The quantitative estimate of drug-likeness (QED) is 0.271. The fourth-order valence-electron chi connectivity index (χ4n) is 5.33. The van der Waals surface area contributed by atoms with Crippen molar-refractivity contribution in [1.29, 1.82) is 0 Å². The average molecular weight is 441 g/mol. The summed E-state index contributed by atoms with van der Waals surface area (Å²) >= 11 is 4.89. The van der Waals surface area contributed by atoms with Crippen molar-refractivity contribution in [3.8, 4) is 11.1 Å². The molecule has 1 heterocycles. The molecule has 1 aromatic heterocycles. The van der Waals surface area contributed by atoms with Crippen molar-refractivity contribution in [3.63, 3.8) is 0 Å². The van der Waals surface area contributed by atoms with Crippen LogP contribution < -0.4 is 0 Å². The maximum atomic E-state index is 6.17. The Balaban J connectivity index is 1.45. The van der Waals surface area contributed by atoms with Gasteiger partial charge >= 0.3 is 0 Å². The predicted octanol–water partition coefficient (Wildman–Crippen LogP) is 8.76. The summed E-state index contributed by atoms with van der Waals surface area (Å²) in [6, 6.07) is 25.6. The molecule has 0 saturated carbocycles. The Kier molecular flexibility index (Phi) is 4.06. The minimum Gasteiger partial charge on any atom is -0.456 e. The lowest BCUT2D eigenvalue weighted by atomic mass is 9.82. The van der Waals surface area contributed by atoms with Gasteiger partial charge in [-0.05, 0) is 57.5 Å². The fourth-order valence-corrected chi connectivity index (χ4v) is 5.65. The highest BCUT2D eigenvalue weighted by Gasteiger charge is 2.23. The molecule has 2 heteroatoms. The van der Waals surface area contributed by atoms with E-state index in [4.69, 9.17) is 17.0 Å². The Morgan fingerprint density at radius 3 is 2.55 bits per heavy atom. The van der Waals surface area contributed by atoms with Gasteiger partial charge in [0, 0.05) is 27.0 Å². The molecule has 33 heavy (non-hydrogen) atoms. The first-order valence-electron chi connectivity index (χ1n) is 11.2. The normalized spacial score (nSPS) is 17.1. The van der Waals surface area contributed by atoms with Gasteiger partial charge in [-0.2, -0.15) is 0 Å². The van der Waals surface area contributed by atoms with Gasteiger partial charge in [0.15, 0.2) is 0 Å². The zero-order valence-corrected chi connectivity index (χ0v) is 18.7. The van der Waals surface area contributed by atoms with Crippen LogP contribution in [0.5, 0.6) is 0 Å². The second kappa shape index (κ2) is 7.13. The number of allylic oxidation sites excluding steroid dienone is 8. The molecule has 1 nitrogen and oxygen atoms in total. The molecule has 1 unspecified atom stereocenters. The fraction of sp³-hybridized carbons (Fsp3) is 0.0323. The monoisotopic (exact) mass is 440 g/mol. The molecule has 5 aromatic rings. The van der Waals surface area contributed by atoms with Crippen molar-refractivity contribution in [3.05, 3.63) is 120 Å². The first-order chi connectivity index (χ1) is 16.3. The third-order valence-corrected chi connectivity index (χ3v) is 7.24. The second-order valence-corrected chi connectivity index (χ2v) is 9.16. The van der Waals surface area contributed by atoms with Gasteiger partial charge in [0.2, 0.25) is 0 Å². The van der Waals surface area contributed by atoms with Crippen LogP contribution in [0.15, 0.2) is 124 Å². The number of rotatable bonds is 2. The first kappa shape index (κ1) is 18.8. The standard InChI is InChI=1S/C31H20OS/c33-30-17-16-22(20-14-15-25-24-8-1-2-13-28(24)32-29(25)18-20)26-11-5-12-27(31(26)30)23-10-4-7-19-6-3-9-21(19)23/h1-18,21,33H. The van der Waals surface area contributed by atoms with Gasteiger partial charge in [0.1, 0.15) is 11.2 Å². The summed E-state index contributed by atoms with van der Waals surface area (Å²) in [6.07, 6.45) is 13.2. The van der Waals surface area contributed by atoms with Gasteiger partial charge in [0.05, 0.1) is 0 Å². The van der Waals surface area contributed by atoms with E-state index in [0.29, 0.717) is 5.92 Å². The predicted molar refractivity (Wildman–Crippen MR) is 142 cm³/mol. The van der Waals surface area contributed by atoms with E-state index in [9.17, 15) is 0 Å². The van der Waals surface area contributed by atoms with Gasteiger partial charge in [-0.3, -0.25) is 0 Å². The van der Waals surface area contributed by atoms with E-state index in [1.54, 1.807) is 0 Å². The lowest BCUT2D eigenvalue weighted by molar-refractivity contribution is 0.669. The Bertz CT molecular complexity index is 1720. The lowest BCUT2D eigenvalue weighted by Crippen LogP contribution is -2.04. The summed E-state index contributed by atoms with van der Waals surface area (Å²) in [5, 5.41) is 4.71. The Hall–Kier alpha value is -3.75. The van der Waals surface area contributed by atoms with Crippen LogP contribution in [-0.2, 0) is 0 Å². The van der Waals surface area contributed by atoms with Crippen LogP contribution in [0.4, 0.5) is 0 Å². The number of para-hydroxylation sites is 1. The third kappa shape index (κ3) is 2.81. The summed E-state index contributed by atoms with van der Waals surface area (Å²) < 4.78 is 6.17. The molecule has 2 aliphatic carbocycles. The molecule has 0 radical (unpaired) electrons. The molecule has 4 aromatic carbocycles. The van der Waals surface area contributed by atoms with E-state index in [-0.39, 0.29) is 0 Å². The van der Waals surface area contributed by atoms with Crippen LogP contribution >= 0.6 is 12.6 Å². The van der Waals surface area contributed by atoms with Crippen molar-refractivity contribution in [1.82, 2.24) is 0 Å². The van der Waals surface area contributed by atoms with Gasteiger partial charge < -0.3 is 4.42 Å². The van der Waals surface area contributed by atoms with Gasteiger partial charge in [0.25, 0.3) is 0 Å². The Morgan fingerprint density at radius 2 is 1.58 bits per heavy atom. The molecular formula is C31H20OS. The summed E-state index contributed by atoms with van der Waals surface area (Å²) in [4.78, 5) is 0.997. The van der Waals surface area contributed by atoms with Crippen LogP contribution in [0.3, 0.4) is 0 Å². The SMILES string of the molecule is Sc1ccc(-c2ccc3c(c2)oc2ccccc23)c2cccc(C3=CC=CC4=CC=CC43)c12. The molecule has 0 N–H and O–H groups in total. The van der Waals surface area contributed by atoms with E-state index in [1.165, 1.54) is 33.0 Å². The molecule has 2 aliphatic rings. The number of benzene rings is 4. The molecule has 156 valence electrons. The molecule has 1 atom stereocenters. The van der Waals surface area contributed by atoms with Crippen molar-refractivity contribution < 1.29 is 4.42 Å². The highest BCUT2D eigenvalue weighted by atomic mass is 32.1. The van der Waals surface area contributed by atoms with Crippen molar-refractivity contribution in [2.75, 3.05) is 0 Å². The van der Waals surface area contributed by atoms with Gasteiger partial charge in [-0.15, -0.1) is 12.6 Å². The number of hydrogen-bond acceptors (Lipinski definition) is 2. The third-order valence-electron chi connectivity index (χ3n) is 6.87. The van der Waals surface area contributed by atoms with Crippen LogP contribution in [0, 0.1) is 5.92 Å². The summed E-state index contributed by atoms with van der Waals surface area (Å²) in [5.74, 6) is 0.309. The number of fused-ring (bicyclic) bond motifs is 5. The van der Waals surface area contributed by atoms with E-state index < -0.39 is 0 Å². The number of furan rings is 1. The lowest BCUT2D eigenvalue weighted by Gasteiger charge is -2.22. The number of thiol groups is 1. The van der Waals surface area contributed by atoms with Gasteiger partial charge in [-0.25, -0.2) is 0 Å². The first-order valence-corrected chi connectivity index (χ1v) is 11.7. The summed E-state index contributed by atoms with van der Waals surface area (Å²) in [5.41, 5.74) is 8.09. The molecule has 0 spiro atoms. The maximum Gasteiger partial charge on any atom is 0.136 e. The Labute approximate surface area is 197 Å². The molecule has 7 rings (SSSR count). The van der Waals surface area contributed by atoms with Crippen molar-refractivity contribution >= 4 is 50.9 Å². The van der Waals surface area contributed by atoms with Crippen LogP contribution in [0.2, 0.25) is 0 Å². The maximum absolute atomic E-state index is 6.17. The minimum absolute atomic E-state index is 0.309. The smallest absolute Gasteiger partial charge is 0.136 e. The molecule has 0 fully saturated rings. The molecular weight excluding hydrogens is 420 g/mol. The molecule has 0 aliphatic heterocycles. The highest BCUT2D eigenvalue weighted by Crippen LogP contribution is 2.43. The van der Waals surface area contributed by atoms with E-state index in [1.807, 2.05) is 12.1 Å². The van der Waals surface area contributed by atoms with E-state index in [0.717, 1.165) is 32.4 Å². The zero-order chi connectivity index (χ0) is 21.9.